The van der Waals surface area contributed by atoms with Crippen LogP contribution in [-0.4, -0.2) is 21.9 Å². The Labute approximate surface area is 119 Å². The Balaban J connectivity index is 1.83. The standard InChI is InChI=1S/C14H14F3N3O/c15-14(16,17)10-20-9-12(8-18-20)19-13(21)7-6-11-4-2-1-3-5-11/h1-5,8-9H,6-7,10H2,(H,19,21). The molecule has 1 aromatic carbocycles. The third kappa shape index (κ3) is 5.29. The Hall–Kier alpha value is -2.31. The Bertz CT molecular complexity index is 593. The molecule has 0 radical (unpaired) electrons. The summed E-state index contributed by atoms with van der Waals surface area (Å²) in [6, 6.07) is 9.48. The fourth-order valence-electron chi connectivity index (χ4n) is 1.82. The molecule has 0 aliphatic rings. The Kier molecular flexibility index (Phi) is 4.62. The van der Waals surface area contributed by atoms with Crippen molar-refractivity contribution in [2.24, 2.45) is 0 Å². The highest BCUT2D eigenvalue weighted by Crippen LogP contribution is 2.18. The van der Waals surface area contributed by atoms with E-state index in [2.05, 4.69) is 10.4 Å². The number of halogens is 3. The Morgan fingerprint density at radius 1 is 1.24 bits per heavy atom. The second-order valence-corrected chi connectivity index (χ2v) is 4.58. The quantitative estimate of drug-likeness (QED) is 0.922. The van der Waals surface area contributed by atoms with E-state index in [0.717, 1.165) is 16.4 Å². The summed E-state index contributed by atoms with van der Waals surface area (Å²) in [5.41, 5.74) is 1.29. The molecule has 2 rings (SSSR count). The van der Waals surface area contributed by atoms with Crippen LogP contribution in [0.1, 0.15) is 12.0 Å². The lowest BCUT2D eigenvalue weighted by Gasteiger charge is -2.05. The Morgan fingerprint density at radius 2 is 1.95 bits per heavy atom. The van der Waals surface area contributed by atoms with Gasteiger partial charge < -0.3 is 5.32 Å². The number of aromatic nitrogens is 2. The van der Waals surface area contributed by atoms with E-state index in [-0.39, 0.29) is 18.0 Å². The minimum atomic E-state index is -4.33. The van der Waals surface area contributed by atoms with Gasteiger partial charge in [0.2, 0.25) is 5.91 Å². The number of alkyl halides is 3. The number of carbonyl (C=O) groups is 1. The van der Waals surface area contributed by atoms with Gasteiger partial charge in [0.15, 0.2) is 0 Å². The molecule has 1 N–H and O–H groups in total. The molecule has 4 nitrogen and oxygen atoms in total. The second-order valence-electron chi connectivity index (χ2n) is 4.58. The molecule has 0 aliphatic heterocycles. The highest BCUT2D eigenvalue weighted by Gasteiger charge is 2.28. The highest BCUT2D eigenvalue weighted by atomic mass is 19.4. The van der Waals surface area contributed by atoms with Gasteiger partial charge in [0.05, 0.1) is 11.9 Å². The number of hydrogen-bond acceptors (Lipinski definition) is 2. The fraction of sp³-hybridized carbons (Fsp3) is 0.286. The lowest BCUT2D eigenvalue weighted by molar-refractivity contribution is -0.142. The molecule has 0 saturated carbocycles. The van der Waals surface area contributed by atoms with E-state index >= 15 is 0 Å². The van der Waals surface area contributed by atoms with Crippen LogP contribution in [0.15, 0.2) is 42.7 Å². The number of aryl methyl sites for hydroxylation is 1. The van der Waals surface area contributed by atoms with Crippen LogP contribution >= 0.6 is 0 Å². The number of nitrogens with one attached hydrogen (secondary N) is 1. The maximum atomic E-state index is 12.2. The highest BCUT2D eigenvalue weighted by molar-refractivity contribution is 5.90. The van der Waals surface area contributed by atoms with Gasteiger partial charge in [0, 0.05) is 12.6 Å². The third-order valence-corrected chi connectivity index (χ3v) is 2.74. The number of carbonyl (C=O) groups excluding carboxylic acids is 1. The molecular weight excluding hydrogens is 283 g/mol. The summed E-state index contributed by atoms with van der Waals surface area (Å²) in [7, 11) is 0. The van der Waals surface area contributed by atoms with Crippen molar-refractivity contribution in [1.29, 1.82) is 0 Å². The molecule has 0 fully saturated rings. The van der Waals surface area contributed by atoms with Crippen molar-refractivity contribution in [1.82, 2.24) is 9.78 Å². The van der Waals surface area contributed by atoms with Gasteiger partial charge in [-0.3, -0.25) is 9.48 Å². The van der Waals surface area contributed by atoms with Crippen LogP contribution in [0.3, 0.4) is 0 Å². The average Bonchev–Trinajstić information content (AvgIpc) is 2.82. The number of benzene rings is 1. The minimum absolute atomic E-state index is 0.258. The SMILES string of the molecule is O=C(CCc1ccccc1)Nc1cnn(CC(F)(F)F)c1. The number of nitrogens with zero attached hydrogens (tertiary/aromatic N) is 2. The van der Waals surface area contributed by atoms with Gasteiger partial charge in [0.25, 0.3) is 0 Å². The summed E-state index contributed by atoms with van der Waals surface area (Å²) in [5.74, 6) is -0.259. The first-order valence-corrected chi connectivity index (χ1v) is 6.35. The number of anilines is 1. The van der Waals surface area contributed by atoms with E-state index in [9.17, 15) is 18.0 Å². The first-order valence-electron chi connectivity index (χ1n) is 6.35. The fourth-order valence-corrected chi connectivity index (χ4v) is 1.82. The zero-order chi connectivity index (χ0) is 15.3. The van der Waals surface area contributed by atoms with E-state index in [0.29, 0.717) is 6.42 Å². The van der Waals surface area contributed by atoms with Gasteiger partial charge in [-0.2, -0.15) is 18.3 Å². The molecule has 0 atom stereocenters. The van der Waals surface area contributed by atoms with Crippen molar-refractivity contribution < 1.29 is 18.0 Å². The first-order chi connectivity index (χ1) is 9.92. The van der Waals surface area contributed by atoms with Crippen LogP contribution < -0.4 is 5.32 Å². The lowest BCUT2D eigenvalue weighted by Crippen LogP contribution is -2.18. The topological polar surface area (TPSA) is 46.9 Å². The average molecular weight is 297 g/mol. The van der Waals surface area contributed by atoms with Crippen LogP contribution in [0.25, 0.3) is 0 Å². The molecule has 0 unspecified atom stereocenters. The number of amides is 1. The van der Waals surface area contributed by atoms with Crippen LogP contribution in [-0.2, 0) is 17.8 Å². The number of hydrogen-bond donors (Lipinski definition) is 1. The summed E-state index contributed by atoms with van der Waals surface area (Å²) in [4.78, 5) is 11.7. The molecule has 1 amide bonds. The van der Waals surface area contributed by atoms with Crippen LogP contribution in [0, 0.1) is 0 Å². The van der Waals surface area contributed by atoms with Gasteiger partial charge in [0.1, 0.15) is 6.54 Å². The van der Waals surface area contributed by atoms with E-state index in [1.54, 1.807) is 0 Å². The van der Waals surface area contributed by atoms with E-state index in [1.807, 2.05) is 30.3 Å². The predicted octanol–water partition coefficient (Wildman–Crippen LogP) is 3.02. The normalized spacial score (nSPS) is 11.4. The van der Waals surface area contributed by atoms with Crippen molar-refractivity contribution in [2.45, 2.75) is 25.6 Å². The maximum Gasteiger partial charge on any atom is 0.408 e. The van der Waals surface area contributed by atoms with Crippen LogP contribution in [0.4, 0.5) is 18.9 Å². The summed E-state index contributed by atoms with van der Waals surface area (Å²) in [6.45, 7) is -1.17. The molecular formula is C14H14F3N3O. The maximum absolute atomic E-state index is 12.2. The first kappa shape index (κ1) is 15.1. The molecule has 0 saturated heterocycles. The van der Waals surface area contributed by atoms with E-state index < -0.39 is 12.7 Å². The van der Waals surface area contributed by atoms with Crippen LogP contribution in [0.5, 0.6) is 0 Å². The predicted molar refractivity (Wildman–Crippen MR) is 71.7 cm³/mol. The molecule has 21 heavy (non-hydrogen) atoms. The lowest BCUT2D eigenvalue weighted by atomic mass is 10.1. The molecule has 7 heteroatoms. The molecule has 112 valence electrons. The second kappa shape index (κ2) is 6.43. The van der Waals surface area contributed by atoms with Gasteiger partial charge in [-0.05, 0) is 12.0 Å². The Morgan fingerprint density at radius 3 is 2.62 bits per heavy atom. The van der Waals surface area contributed by atoms with Gasteiger partial charge in [-0.15, -0.1) is 0 Å². The summed E-state index contributed by atoms with van der Waals surface area (Å²) < 4.78 is 37.3. The van der Waals surface area contributed by atoms with Crippen molar-refractivity contribution in [2.75, 3.05) is 5.32 Å². The molecule has 1 heterocycles. The van der Waals surface area contributed by atoms with E-state index in [4.69, 9.17) is 0 Å². The monoisotopic (exact) mass is 297 g/mol. The van der Waals surface area contributed by atoms with Gasteiger partial charge in [-0.25, -0.2) is 0 Å². The van der Waals surface area contributed by atoms with Gasteiger partial charge in [-0.1, -0.05) is 30.3 Å². The van der Waals surface area contributed by atoms with Crippen molar-refractivity contribution in [3.05, 3.63) is 48.3 Å². The van der Waals surface area contributed by atoms with Crippen molar-refractivity contribution in [3.8, 4) is 0 Å². The third-order valence-electron chi connectivity index (χ3n) is 2.74. The molecule has 1 aromatic heterocycles. The summed E-state index contributed by atoms with van der Waals surface area (Å²) in [5, 5.41) is 6.08. The van der Waals surface area contributed by atoms with Crippen molar-refractivity contribution in [3.63, 3.8) is 0 Å². The molecule has 0 spiro atoms. The zero-order valence-corrected chi connectivity index (χ0v) is 11.1. The van der Waals surface area contributed by atoms with Crippen LogP contribution in [0.2, 0.25) is 0 Å². The van der Waals surface area contributed by atoms with Crippen molar-refractivity contribution >= 4 is 11.6 Å². The molecule has 2 aromatic rings. The van der Waals surface area contributed by atoms with Gasteiger partial charge >= 0.3 is 6.18 Å². The van der Waals surface area contributed by atoms with E-state index in [1.165, 1.54) is 6.20 Å². The summed E-state index contributed by atoms with van der Waals surface area (Å²) in [6.07, 6.45) is -1.14. The smallest absolute Gasteiger partial charge is 0.323 e. The summed E-state index contributed by atoms with van der Waals surface area (Å²) >= 11 is 0. The minimum Gasteiger partial charge on any atom is -0.323 e. The largest absolute Gasteiger partial charge is 0.408 e. The number of rotatable bonds is 5. The molecule has 0 aliphatic carbocycles. The zero-order valence-electron chi connectivity index (χ0n) is 11.1. The molecule has 0 bridgehead atoms.